The van der Waals surface area contributed by atoms with Crippen LogP contribution in [0.1, 0.15) is 20.3 Å². The molecule has 0 aromatic heterocycles. The molecule has 27 heavy (non-hydrogen) atoms. The van der Waals surface area contributed by atoms with Gasteiger partial charge in [0.05, 0.1) is 0 Å². The Morgan fingerprint density at radius 2 is 1.33 bits per heavy atom. The van der Waals surface area contributed by atoms with Crippen molar-refractivity contribution in [2.75, 3.05) is 29.0 Å². The zero-order valence-corrected chi connectivity index (χ0v) is 15.5. The maximum atomic E-state index is 12.1. The Labute approximate surface area is 158 Å². The maximum Gasteiger partial charge on any atom is 0.323 e. The molecule has 0 fully saturated rings. The number of nitrogens with zero attached hydrogens (tertiary/aromatic N) is 1. The van der Waals surface area contributed by atoms with Crippen molar-refractivity contribution in [3.8, 4) is 0 Å². The molecule has 0 aliphatic rings. The molecule has 2 rings (SSSR count). The van der Waals surface area contributed by atoms with Crippen molar-refractivity contribution >= 4 is 34.9 Å². The normalized spacial score (nSPS) is 10.0. The van der Waals surface area contributed by atoms with Gasteiger partial charge in [0.25, 0.3) is 0 Å². The molecule has 0 saturated carbocycles. The Balaban J connectivity index is 1.91. The summed E-state index contributed by atoms with van der Waals surface area (Å²) >= 11 is 0. The Hall–Kier alpha value is -3.35. The maximum absolute atomic E-state index is 12.1. The van der Waals surface area contributed by atoms with E-state index in [1.807, 2.05) is 32.0 Å². The summed E-state index contributed by atoms with van der Waals surface area (Å²) in [6.45, 7) is 4.88. The Bertz CT molecular complexity index is 789. The molecule has 0 saturated heterocycles. The van der Waals surface area contributed by atoms with Crippen LogP contribution in [-0.2, 0) is 9.59 Å². The summed E-state index contributed by atoms with van der Waals surface area (Å²) in [6, 6.07) is 15.4. The minimum atomic E-state index is -0.391. The van der Waals surface area contributed by atoms with Crippen molar-refractivity contribution in [2.45, 2.75) is 20.3 Å². The number of amides is 4. The lowest BCUT2D eigenvalue weighted by Gasteiger charge is -2.18. The van der Waals surface area contributed by atoms with Gasteiger partial charge < -0.3 is 20.9 Å². The lowest BCUT2D eigenvalue weighted by molar-refractivity contribution is -0.134. The largest absolute Gasteiger partial charge is 0.343 e. The second-order valence-corrected chi connectivity index (χ2v) is 5.82. The summed E-state index contributed by atoms with van der Waals surface area (Å²) in [6.07, 6.45) is -0.214. The van der Waals surface area contributed by atoms with E-state index in [0.717, 1.165) is 0 Å². The average Bonchev–Trinajstić information content (AvgIpc) is 2.63. The fourth-order valence-corrected chi connectivity index (χ4v) is 2.52. The van der Waals surface area contributed by atoms with Crippen LogP contribution in [0, 0.1) is 0 Å². The minimum absolute atomic E-state index is 0.214. The standard InChI is InChI=1S/C20H24N4O3/c1-3-24(4-2)19(26)14-18(25)21-16-11-8-12-17(13-16)23-20(27)22-15-9-6-5-7-10-15/h5-13H,3-4,14H2,1-2H3,(H,21,25)(H2,22,23,27). The summed E-state index contributed by atoms with van der Waals surface area (Å²) in [4.78, 5) is 37.7. The molecule has 0 atom stereocenters. The van der Waals surface area contributed by atoms with Crippen LogP contribution in [0.25, 0.3) is 0 Å². The fraction of sp³-hybridized carbons (Fsp3) is 0.250. The number of hydrogen-bond acceptors (Lipinski definition) is 3. The van der Waals surface area contributed by atoms with E-state index in [9.17, 15) is 14.4 Å². The van der Waals surface area contributed by atoms with E-state index in [0.29, 0.717) is 30.2 Å². The molecule has 2 aromatic carbocycles. The van der Waals surface area contributed by atoms with Crippen LogP contribution in [0.15, 0.2) is 54.6 Å². The van der Waals surface area contributed by atoms with Gasteiger partial charge in [-0.25, -0.2) is 4.79 Å². The highest BCUT2D eigenvalue weighted by molar-refractivity contribution is 6.04. The third kappa shape index (κ3) is 6.47. The number of urea groups is 1. The second kappa shape index (κ2) is 9.96. The molecule has 142 valence electrons. The molecular formula is C20H24N4O3. The SMILES string of the molecule is CCN(CC)C(=O)CC(=O)Nc1cccc(NC(=O)Nc2ccccc2)c1. The summed E-state index contributed by atoms with van der Waals surface area (Å²) < 4.78 is 0. The molecule has 0 aliphatic heterocycles. The predicted octanol–water partition coefficient (Wildman–Crippen LogP) is 3.53. The summed E-state index contributed by atoms with van der Waals surface area (Å²) in [7, 11) is 0. The molecule has 0 radical (unpaired) electrons. The van der Waals surface area contributed by atoms with Crippen molar-refractivity contribution in [2.24, 2.45) is 0 Å². The van der Waals surface area contributed by atoms with E-state index < -0.39 is 5.91 Å². The van der Waals surface area contributed by atoms with Gasteiger partial charge >= 0.3 is 6.03 Å². The van der Waals surface area contributed by atoms with Crippen LogP contribution in [0.5, 0.6) is 0 Å². The van der Waals surface area contributed by atoms with Gasteiger partial charge in [-0.15, -0.1) is 0 Å². The van der Waals surface area contributed by atoms with Gasteiger partial charge in [0.15, 0.2) is 0 Å². The van der Waals surface area contributed by atoms with Crippen molar-refractivity contribution in [1.82, 2.24) is 4.90 Å². The lowest BCUT2D eigenvalue weighted by atomic mass is 10.2. The van der Waals surface area contributed by atoms with Gasteiger partial charge in [0.1, 0.15) is 6.42 Å². The first-order chi connectivity index (χ1) is 13.0. The molecule has 7 nitrogen and oxygen atoms in total. The molecule has 4 amide bonds. The molecule has 2 aromatic rings. The number of carbonyl (C=O) groups is 3. The average molecular weight is 368 g/mol. The second-order valence-electron chi connectivity index (χ2n) is 5.82. The zero-order chi connectivity index (χ0) is 19.6. The van der Waals surface area contributed by atoms with E-state index in [1.54, 1.807) is 41.3 Å². The molecule has 0 unspecified atom stereocenters. The Morgan fingerprint density at radius 3 is 1.96 bits per heavy atom. The molecule has 0 aliphatic carbocycles. The van der Waals surface area contributed by atoms with E-state index in [2.05, 4.69) is 16.0 Å². The van der Waals surface area contributed by atoms with Gasteiger partial charge in [0.2, 0.25) is 11.8 Å². The number of rotatable bonds is 7. The molecule has 0 heterocycles. The lowest BCUT2D eigenvalue weighted by Crippen LogP contribution is -2.33. The molecule has 0 spiro atoms. The summed E-state index contributed by atoms with van der Waals surface area (Å²) in [5.41, 5.74) is 1.70. The van der Waals surface area contributed by atoms with Crippen LogP contribution in [0.4, 0.5) is 21.9 Å². The first kappa shape index (κ1) is 20.0. The van der Waals surface area contributed by atoms with E-state index >= 15 is 0 Å². The van der Waals surface area contributed by atoms with Crippen molar-refractivity contribution in [3.63, 3.8) is 0 Å². The third-order valence-electron chi connectivity index (χ3n) is 3.86. The predicted molar refractivity (Wildman–Crippen MR) is 107 cm³/mol. The van der Waals surface area contributed by atoms with Crippen LogP contribution < -0.4 is 16.0 Å². The smallest absolute Gasteiger partial charge is 0.323 e. The van der Waals surface area contributed by atoms with Crippen LogP contribution >= 0.6 is 0 Å². The van der Waals surface area contributed by atoms with Crippen molar-refractivity contribution in [1.29, 1.82) is 0 Å². The van der Waals surface area contributed by atoms with Crippen molar-refractivity contribution in [3.05, 3.63) is 54.6 Å². The van der Waals surface area contributed by atoms with Crippen LogP contribution in [0.2, 0.25) is 0 Å². The highest BCUT2D eigenvalue weighted by Crippen LogP contribution is 2.16. The number of hydrogen-bond donors (Lipinski definition) is 3. The van der Waals surface area contributed by atoms with Gasteiger partial charge in [0, 0.05) is 30.2 Å². The van der Waals surface area contributed by atoms with Gasteiger partial charge in [-0.1, -0.05) is 24.3 Å². The molecular weight excluding hydrogens is 344 g/mol. The van der Waals surface area contributed by atoms with E-state index in [-0.39, 0.29) is 18.4 Å². The molecule has 7 heteroatoms. The highest BCUT2D eigenvalue weighted by atomic mass is 16.2. The van der Waals surface area contributed by atoms with Gasteiger partial charge in [-0.2, -0.15) is 0 Å². The zero-order valence-electron chi connectivity index (χ0n) is 15.5. The Kier molecular flexibility index (Phi) is 7.37. The van der Waals surface area contributed by atoms with E-state index in [4.69, 9.17) is 0 Å². The topological polar surface area (TPSA) is 90.5 Å². The molecule has 3 N–H and O–H groups in total. The summed E-state index contributed by atoms with van der Waals surface area (Å²) in [5, 5.41) is 8.10. The summed E-state index contributed by atoms with van der Waals surface area (Å²) in [5.74, 6) is -0.605. The number of carbonyl (C=O) groups excluding carboxylic acids is 3. The first-order valence-electron chi connectivity index (χ1n) is 8.82. The van der Waals surface area contributed by atoms with Gasteiger partial charge in [-0.05, 0) is 44.2 Å². The number of anilines is 3. The molecule has 0 bridgehead atoms. The Morgan fingerprint density at radius 1 is 0.778 bits per heavy atom. The minimum Gasteiger partial charge on any atom is -0.343 e. The number of para-hydroxylation sites is 1. The highest BCUT2D eigenvalue weighted by Gasteiger charge is 2.14. The van der Waals surface area contributed by atoms with E-state index in [1.165, 1.54) is 0 Å². The van der Waals surface area contributed by atoms with Gasteiger partial charge in [-0.3, -0.25) is 9.59 Å². The van der Waals surface area contributed by atoms with Crippen LogP contribution in [-0.4, -0.2) is 35.8 Å². The quantitative estimate of drug-likeness (QED) is 0.653. The first-order valence-corrected chi connectivity index (χ1v) is 8.82. The van der Waals surface area contributed by atoms with Crippen LogP contribution in [0.3, 0.4) is 0 Å². The number of nitrogens with one attached hydrogen (secondary N) is 3. The third-order valence-corrected chi connectivity index (χ3v) is 3.86. The van der Waals surface area contributed by atoms with Crippen molar-refractivity contribution < 1.29 is 14.4 Å². The number of benzene rings is 2. The fourth-order valence-electron chi connectivity index (χ4n) is 2.52. The monoisotopic (exact) mass is 368 g/mol.